The molecule has 0 unspecified atom stereocenters. The van der Waals surface area contributed by atoms with Crippen LogP contribution in [0.5, 0.6) is 0 Å². The summed E-state index contributed by atoms with van der Waals surface area (Å²) in [6.07, 6.45) is -0.385. The summed E-state index contributed by atoms with van der Waals surface area (Å²) in [6.45, 7) is 4.22. The van der Waals surface area contributed by atoms with Crippen LogP contribution in [0.25, 0.3) is 5.57 Å². The van der Waals surface area contributed by atoms with Gasteiger partial charge in [0, 0.05) is 6.20 Å². The molecule has 8 nitrogen and oxygen atoms in total. The van der Waals surface area contributed by atoms with Gasteiger partial charge < -0.3 is 15.0 Å². The quantitative estimate of drug-likeness (QED) is 0.492. The van der Waals surface area contributed by atoms with Gasteiger partial charge in [-0.25, -0.2) is 4.79 Å². The van der Waals surface area contributed by atoms with Gasteiger partial charge in [-0.15, -0.1) is 0 Å². The first-order chi connectivity index (χ1) is 15.9. The first-order valence-electron chi connectivity index (χ1n) is 10.3. The summed E-state index contributed by atoms with van der Waals surface area (Å²) in [6, 6.07) is 6.12. The molecule has 0 saturated carbocycles. The van der Waals surface area contributed by atoms with E-state index in [1.54, 1.807) is 0 Å². The number of aromatic nitrogens is 2. The highest BCUT2D eigenvalue weighted by molar-refractivity contribution is 6.04. The van der Waals surface area contributed by atoms with Crippen LogP contribution < -0.4 is 5.32 Å². The number of pyridine rings is 1. The second-order valence-corrected chi connectivity index (χ2v) is 8.60. The number of anilines is 1. The molecule has 1 aliphatic rings. The summed E-state index contributed by atoms with van der Waals surface area (Å²) in [4.78, 5) is 42.5. The number of halogens is 3. The molecule has 0 aliphatic heterocycles. The fourth-order valence-electron chi connectivity index (χ4n) is 3.36. The van der Waals surface area contributed by atoms with Crippen molar-refractivity contribution in [1.82, 2.24) is 9.97 Å². The number of nitrogens with zero attached hydrogens (tertiary/aromatic N) is 2. The second kappa shape index (κ2) is 9.51. The van der Waals surface area contributed by atoms with Gasteiger partial charge in [0.15, 0.2) is 0 Å². The molecule has 1 aliphatic carbocycles. The maximum Gasteiger partial charge on any atom is 0.491 e. The van der Waals surface area contributed by atoms with Gasteiger partial charge in [0.05, 0.1) is 29.1 Å². The molecule has 0 atom stereocenters. The van der Waals surface area contributed by atoms with Crippen LogP contribution in [0.2, 0.25) is 0 Å². The van der Waals surface area contributed by atoms with Crippen molar-refractivity contribution in [3.05, 3.63) is 53.1 Å². The number of nitriles is 1. The van der Waals surface area contributed by atoms with Crippen molar-refractivity contribution in [2.45, 2.75) is 45.7 Å². The minimum atomic E-state index is -5.29. The Bertz CT molecular complexity index is 1210. The summed E-state index contributed by atoms with van der Waals surface area (Å²) in [7, 11) is 0. The van der Waals surface area contributed by atoms with E-state index in [2.05, 4.69) is 33.9 Å². The van der Waals surface area contributed by atoms with Gasteiger partial charge in [0.2, 0.25) is 0 Å². The Morgan fingerprint density at radius 1 is 1.29 bits per heavy atom. The van der Waals surface area contributed by atoms with E-state index in [1.165, 1.54) is 24.4 Å². The molecule has 0 radical (unpaired) electrons. The first-order valence-corrected chi connectivity index (χ1v) is 10.3. The van der Waals surface area contributed by atoms with E-state index >= 15 is 0 Å². The molecule has 11 heteroatoms. The van der Waals surface area contributed by atoms with E-state index in [1.807, 2.05) is 12.1 Å². The smallest absolute Gasteiger partial charge is 0.386 e. The molecule has 0 bridgehead atoms. The molecule has 3 rings (SSSR count). The molecule has 178 valence electrons. The highest BCUT2D eigenvalue weighted by atomic mass is 19.4. The molecule has 2 heterocycles. The third kappa shape index (κ3) is 6.10. The molecular weight excluding hydrogens is 453 g/mol. The number of hydrogen-bond acceptors (Lipinski definition) is 6. The molecular formula is C23H21F3N4O4. The van der Waals surface area contributed by atoms with Crippen molar-refractivity contribution in [2.24, 2.45) is 5.41 Å². The molecule has 0 spiro atoms. The van der Waals surface area contributed by atoms with E-state index in [4.69, 9.17) is 5.26 Å². The summed E-state index contributed by atoms with van der Waals surface area (Å²) < 4.78 is 40.9. The van der Waals surface area contributed by atoms with E-state index in [9.17, 15) is 27.6 Å². The van der Waals surface area contributed by atoms with Crippen LogP contribution in [0.3, 0.4) is 0 Å². The van der Waals surface area contributed by atoms with Gasteiger partial charge >= 0.3 is 18.1 Å². The van der Waals surface area contributed by atoms with Crippen molar-refractivity contribution in [1.29, 1.82) is 5.26 Å². The topological polar surface area (TPSA) is 125 Å². The van der Waals surface area contributed by atoms with E-state index in [0.29, 0.717) is 17.8 Å². The van der Waals surface area contributed by atoms with Gasteiger partial charge in [-0.2, -0.15) is 18.4 Å². The standard InChI is InChI=1S/C23H21F3N4O4/c1-22(2)7-5-14(6-8-22)19-16(30-20(32)17-9-13(11-27)12-28-17)4-3-15(29-19)10-18(31)34-21(33)23(24,25)26/h3-5,9,12,28H,6-8,10H2,1-2H3,(H,30,32). The van der Waals surface area contributed by atoms with Crippen LogP contribution in [-0.4, -0.2) is 34.0 Å². The van der Waals surface area contributed by atoms with Crippen LogP contribution in [0.15, 0.2) is 30.5 Å². The number of ether oxygens (including phenoxy) is 1. The number of rotatable bonds is 5. The number of H-pyrrole nitrogens is 1. The normalized spacial score (nSPS) is 15.1. The Kier molecular flexibility index (Phi) is 6.91. The Hall–Kier alpha value is -3.94. The van der Waals surface area contributed by atoms with Crippen LogP contribution in [0.4, 0.5) is 18.9 Å². The molecule has 2 N–H and O–H groups in total. The predicted octanol–water partition coefficient (Wildman–Crippen LogP) is 4.30. The first kappa shape index (κ1) is 24.7. The fourth-order valence-corrected chi connectivity index (χ4v) is 3.36. The lowest BCUT2D eigenvalue weighted by Crippen LogP contribution is -2.28. The number of aromatic amines is 1. The average molecular weight is 474 g/mol. The molecule has 0 fully saturated rings. The minimum absolute atomic E-state index is 0.0736. The van der Waals surface area contributed by atoms with Crippen LogP contribution in [0.1, 0.15) is 60.5 Å². The van der Waals surface area contributed by atoms with Crippen molar-refractivity contribution < 1.29 is 32.3 Å². The van der Waals surface area contributed by atoms with Crippen molar-refractivity contribution >= 4 is 29.1 Å². The SMILES string of the molecule is CC1(C)CC=C(c2nc(CC(=O)OC(=O)C(F)(F)F)ccc2NC(=O)c2cc(C#N)c[nH]2)CC1. The van der Waals surface area contributed by atoms with E-state index in [-0.39, 0.29) is 22.4 Å². The largest absolute Gasteiger partial charge is 0.491 e. The number of allylic oxidation sites excluding steroid dienone is 2. The van der Waals surface area contributed by atoms with Crippen molar-refractivity contribution in [3.8, 4) is 6.07 Å². The zero-order chi connectivity index (χ0) is 25.1. The number of hydrogen-bond donors (Lipinski definition) is 2. The van der Waals surface area contributed by atoms with Crippen LogP contribution in [-0.2, 0) is 20.7 Å². The van der Waals surface area contributed by atoms with E-state index in [0.717, 1.165) is 18.4 Å². The summed E-state index contributed by atoms with van der Waals surface area (Å²) >= 11 is 0. The monoisotopic (exact) mass is 474 g/mol. The third-order valence-corrected chi connectivity index (χ3v) is 5.30. The fraction of sp³-hybridized carbons (Fsp3) is 0.348. The predicted molar refractivity (Wildman–Crippen MR) is 114 cm³/mol. The zero-order valence-electron chi connectivity index (χ0n) is 18.4. The van der Waals surface area contributed by atoms with Crippen LogP contribution in [0, 0.1) is 16.7 Å². The van der Waals surface area contributed by atoms with Crippen LogP contribution >= 0.6 is 0 Å². The Balaban J connectivity index is 1.87. The average Bonchev–Trinajstić information content (AvgIpc) is 3.24. The highest BCUT2D eigenvalue weighted by Crippen LogP contribution is 2.39. The lowest BCUT2D eigenvalue weighted by Gasteiger charge is -2.29. The number of carbonyl (C=O) groups is 3. The Morgan fingerprint density at radius 3 is 2.62 bits per heavy atom. The highest BCUT2D eigenvalue weighted by Gasteiger charge is 2.42. The minimum Gasteiger partial charge on any atom is -0.386 e. The summed E-state index contributed by atoms with van der Waals surface area (Å²) in [5.74, 6) is -4.52. The number of amides is 1. The van der Waals surface area contributed by atoms with Gasteiger partial charge in [-0.05, 0) is 48.4 Å². The zero-order valence-corrected chi connectivity index (χ0v) is 18.4. The maximum atomic E-state index is 12.6. The molecule has 2 aromatic heterocycles. The molecule has 0 aromatic carbocycles. The van der Waals surface area contributed by atoms with Gasteiger partial charge in [-0.1, -0.05) is 19.9 Å². The van der Waals surface area contributed by atoms with Gasteiger partial charge in [0.1, 0.15) is 11.8 Å². The lowest BCUT2D eigenvalue weighted by atomic mass is 9.77. The number of nitrogens with one attached hydrogen (secondary N) is 2. The molecule has 2 aromatic rings. The lowest BCUT2D eigenvalue weighted by molar-refractivity contribution is -0.201. The maximum absolute atomic E-state index is 12.6. The van der Waals surface area contributed by atoms with Gasteiger partial charge in [0.25, 0.3) is 5.91 Å². The van der Waals surface area contributed by atoms with Crippen molar-refractivity contribution in [3.63, 3.8) is 0 Å². The van der Waals surface area contributed by atoms with E-state index < -0.39 is 30.4 Å². The third-order valence-electron chi connectivity index (χ3n) is 5.30. The number of alkyl halides is 3. The Morgan fingerprint density at radius 2 is 2.03 bits per heavy atom. The van der Waals surface area contributed by atoms with Crippen molar-refractivity contribution in [2.75, 3.05) is 5.32 Å². The number of esters is 2. The molecule has 34 heavy (non-hydrogen) atoms. The number of carbonyl (C=O) groups excluding carboxylic acids is 3. The molecule has 1 amide bonds. The summed E-state index contributed by atoms with van der Waals surface area (Å²) in [5.41, 5.74) is 2.08. The second-order valence-electron chi connectivity index (χ2n) is 8.60. The molecule has 0 saturated heterocycles. The summed E-state index contributed by atoms with van der Waals surface area (Å²) in [5, 5.41) is 11.7. The Labute approximate surface area is 192 Å². The van der Waals surface area contributed by atoms with Gasteiger partial charge in [-0.3, -0.25) is 14.6 Å².